The van der Waals surface area contributed by atoms with Crippen molar-refractivity contribution in [2.45, 2.75) is 90.1 Å². The van der Waals surface area contributed by atoms with Gasteiger partial charge in [0.1, 0.15) is 0 Å². The van der Waals surface area contributed by atoms with E-state index in [4.69, 9.17) is 18.6 Å². The summed E-state index contributed by atoms with van der Waals surface area (Å²) in [6.07, 6.45) is -9.12. The molecule has 0 amide bonds. The zero-order chi connectivity index (χ0) is 30.1. The predicted molar refractivity (Wildman–Crippen MR) is 142 cm³/mol. The molecule has 0 radical (unpaired) electrons. The highest BCUT2D eigenvalue weighted by atomic mass is 19.4. The third kappa shape index (κ3) is 5.60. The Kier molecular flexibility index (Phi) is 7.40. The van der Waals surface area contributed by atoms with Gasteiger partial charge in [-0.05, 0) is 102 Å². The minimum absolute atomic E-state index is 0.297. The van der Waals surface area contributed by atoms with Gasteiger partial charge in [-0.2, -0.15) is 26.3 Å². The normalized spacial score (nSPS) is 22.4. The van der Waals surface area contributed by atoms with E-state index in [1.54, 1.807) is 0 Å². The molecular weight excluding hydrogens is 536 g/mol. The number of hydrogen-bond acceptors (Lipinski definition) is 4. The van der Waals surface area contributed by atoms with Crippen LogP contribution in [0.2, 0.25) is 0 Å². The lowest BCUT2D eigenvalue weighted by molar-refractivity contribution is -0.138. The van der Waals surface area contributed by atoms with Crippen LogP contribution in [0, 0.1) is 0 Å². The fourth-order valence-corrected chi connectivity index (χ4v) is 4.44. The second kappa shape index (κ2) is 9.64. The van der Waals surface area contributed by atoms with E-state index in [1.807, 2.05) is 55.4 Å². The Balaban J connectivity index is 2.00. The van der Waals surface area contributed by atoms with Crippen molar-refractivity contribution in [2.75, 3.05) is 0 Å². The zero-order valence-electron chi connectivity index (χ0n) is 23.7. The number of hydrogen-bond donors (Lipinski definition) is 0. The second-order valence-electron chi connectivity index (χ2n) is 12.2. The maximum atomic E-state index is 13.4. The van der Waals surface area contributed by atoms with E-state index in [2.05, 4.69) is 0 Å². The first-order valence-corrected chi connectivity index (χ1v) is 12.9. The predicted octanol–water partition coefficient (Wildman–Crippen LogP) is 7.90. The molecule has 0 spiro atoms. The van der Waals surface area contributed by atoms with Crippen molar-refractivity contribution in [3.63, 3.8) is 0 Å². The van der Waals surface area contributed by atoms with Crippen molar-refractivity contribution < 1.29 is 45.0 Å². The first kappa shape index (κ1) is 30.7. The van der Waals surface area contributed by atoms with Gasteiger partial charge in [-0.1, -0.05) is 24.3 Å². The van der Waals surface area contributed by atoms with Gasteiger partial charge in [0.25, 0.3) is 0 Å². The maximum absolute atomic E-state index is 13.4. The molecule has 0 atom stereocenters. The standard InChI is InChI=1S/C28H32B2F6O4/c1-23(2)24(3,4)38-29(37-23)21(17-9-13-19(14-10-17)27(31,32)33)22(30-39-25(5,6)26(7,8)40-30)18-11-15-20(16-12-18)28(34,35)36/h9-16H,1-8H3/b22-21+. The van der Waals surface area contributed by atoms with Crippen LogP contribution in [0.5, 0.6) is 0 Å². The number of halogens is 6. The number of alkyl halides is 6. The lowest BCUT2D eigenvalue weighted by Gasteiger charge is -2.32. The molecule has 40 heavy (non-hydrogen) atoms. The first-order valence-electron chi connectivity index (χ1n) is 12.9. The molecular formula is C28H32B2F6O4. The molecule has 2 aliphatic heterocycles. The van der Waals surface area contributed by atoms with Gasteiger partial charge < -0.3 is 18.6 Å². The summed E-state index contributed by atoms with van der Waals surface area (Å²) in [5.41, 5.74) is -3.77. The van der Waals surface area contributed by atoms with Gasteiger partial charge in [-0.15, -0.1) is 0 Å². The Morgan fingerprint density at radius 2 is 0.700 bits per heavy atom. The van der Waals surface area contributed by atoms with Crippen LogP contribution in [-0.2, 0) is 31.0 Å². The molecule has 2 heterocycles. The molecule has 4 nitrogen and oxygen atoms in total. The summed E-state index contributed by atoms with van der Waals surface area (Å²) in [7, 11) is -2.20. The highest BCUT2D eigenvalue weighted by Crippen LogP contribution is 2.47. The van der Waals surface area contributed by atoms with Crippen LogP contribution >= 0.6 is 0 Å². The van der Waals surface area contributed by atoms with Gasteiger partial charge in [0.15, 0.2) is 0 Å². The number of benzene rings is 2. The molecule has 0 bridgehead atoms. The molecule has 2 aromatic rings. The molecule has 0 aliphatic carbocycles. The van der Waals surface area contributed by atoms with Gasteiger partial charge in [-0.3, -0.25) is 0 Å². The molecule has 2 fully saturated rings. The van der Waals surface area contributed by atoms with Gasteiger partial charge >= 0.3 is 26.6 Å². The smallest absolute Gasteiger partial charge is 0.399 e. The van der Waals surface area contributed by atoms with Crippen LogP contribution in [0.25, 0.3) is 10.9 Å². The van der Waals surface area contributed by atoms with Crippen molar-refractivity contribution in [2.24, 2.45) is 0 Å². The molecule has 2 aromatic carbocycles. The van der Waals surface area contributed by atoms with Gasteiger partial charge in [0.05, 0.1) is 33.5 Å². The Labute approximate surface area is 231 Å². The SMILES string of the molecule is CC1(C)OB(/C(=C(/B2OC(C)(C)C(C)(C)O2)c2ccc(C(F)(F)F)cc2)c2ccc(C(F)(F)F)cc2)OC1(C)C. The van der Waals surface area contributed by atoms with Crippen LogP contribution in [0.15, 0.2) is 48.5 Å². The fourth-order valence-electron chi connectivity index (χ4n) is 4.44. The molecule has 2 aliphatic rings. The van der Waals surface area contributed by atoms with E-state index >= 15 is 0 Å². The Morgan fingerprint density at radius 3 is 0.900 bits per heavy atom. The Morgan fingerprint density at radius 1 is 0.475 bits per heavy atom. The monoisotopic (exact) mass is 568 g/mol. The molecule has 0 aromatic heterocycles. The van der Waals surface area contributed by atoms with E-state index in [0.717, 1.165) is 24.3 Å². The van der Waals surface area contributed by atoms with Gasteiger partial charge in [0, 0.05) is 0 Å². The summed E-state index contributed by atoms with van der Waals surface area (Å²) in [6.45, 7) is 14.6. The van der Waals surface area contributed by atoms with Gasteiger partial charge in [-0.25, -0.2) is 0 Å². The quantitative estimate of drug-likeness (QED) is 0.214. The Hall–Kier alpha value is -2.27. The zero-order valence-corrected chi connectivity index (χ0v) is 23.7. The molecule has 216 valence electrons. The third-order valence-corrected chi connectivity index (χ3v) is 8.31. The number of rotatable bonds is 4. The average molecular weight is 568 g/mol. The van der Waals surface area contributed by atoms with Crippen molar-refractivity contribution in [1.82, 2.24) is 0 Å². The van der Waals surface area contributed by atoms with Crippen LogP contribution in [0.1, 0.15) is 77.6 Å². The summed E-state index contributed by atoms with van der Waals surface area (Å²) >= 11 is 0. The van der Waals surface area contributed by atoms with E-state index in [9.17, 15) is 26.3 Å². The Bertz CT molecular complexity index is 1150. The molecule has 4 rings (SSSR count). The average Bonchev–Trinajstić information content (AvgIpc) is 3.15. The van der Waals surface area contributed by atoms with Crippen LogP contribution in [0.3, 0.4) is 0 Å². The molecule has 0 unspecified atom stereocenters. The second-order valence-corrected chi connectivity index (χ2v) is 12.2. The lowest BCUT2D eigenvalue weighted by atomic mass is 9.60. The van der Waals surface area contributed by atoms with Crippen LogP contribution in [-0.4, -0.2) is 36.6 Å². The molecule has 2 saturated heterocycles. The van der Waals surface area contributed by atoms with Gasteiger partial charge in [0.2, 0.25) is 0 Å². The lowest BCUT2D eigenvalue weighted by Crippen LogP contribution is -2.41. The highest BCUT2D eigenvalue weighted by Gasteiger charge is 2.57. The molecule has 12 heteroatoms. The van der Waals surface area contributed by atoms with Crippen molar-refractivity contribution in [3.05, 3.63) is 70.8 Å². The summed E-state index contributed by atoms with van der Waals surface area (Å²) < 4.78 is 106. The van der Waals surface area contributed by atoms with Crippen molar-refractivity contribution in [3.8, 4) is 0 Å². The summed E-state index contributed by atoms with van der Waals surface area (Å²) in [5.74, 6) is 0. The fraction of sp³-hybridized carbons (Fsp3) is 0.500. The van der Waals surface area contributed by atoms with E-state index in [-0.39, 0.29) is 0 Å². The van der Waals surface area contributed by atoms with E-state index in [1.165, 1.54) is 24.3 Å². The largest absolute Gasteiger partial charge is 0.495 e. The maximum Gasteiger partial charge on any atom is 0.495 e. The minimum Gasteiger partial charge on any atom is -0.399 e. The topological polar surface area (TPSA) is 36.9 Å². The summed E-state index contributed by atoms with van der Waals surface area (Å²) in [6, 6.07) is 8.92. The summed E-state index contributed by atoms with van der Waals surface area (Å²) in [5, 5.41) is 0. The van der Waals surface area contributed by atoms with Crippen LogP contribution < -0.4 is 0 Å². The molecule has 0 saturated carbocycles. The summed E-state index contributed by atoms with van der Waals surface area (Å²) in [4.78, 5) is 0. The van der Waals surface area contributed by atoms with Crippen molar-refractivity contribution in [1.29, 1.82) is 0 Å². The minimum atomic E-state index is -4.56. The highest BCUT2D eigenvalue weighted by molar-refractivity contribution is 6.82. The van der Waals surface area contributed by atoms with Crippen molar-refractivity contribution >= 4 is 25.2 Å². The van der Waals surface area contributed by atoms with E-state index < -0.39 is 60.1 Å². The molecule has 0 N–H and O–H groups in total. The third-order valence-electron chi connectivity index (χ3n) is 8.31. The van der Waals surface area contributed by atoms with E-state index in [0.29, 0.717) is 22.1 Å². The first-order chi connectivity index (χ1) is 18.1. The van der Waals surface area contributed by atoms with Crippen LogP contribution in [0.4, 0.5) is 26.3 Å².